The summed E-state index contributed by atoms with van der Waals surface area (Å²) in [6, 6.07) is 4.72. The minimum atomic E-state index is -0.414. The summed E-state index contributed by atoms with van der Waals surface area (Å²) in [7, 11) is 1.76. The van der Waals surface area contributed by atoms with Crippen LogP contribution in [0.25, 0.3) is 0 Å². The van der Waals surface area contributed by atoms with E-state index in [0.717, 1.165) is 16.8 Å². The average Bonchev–Trinajstić information content (AvgIpc) is 2.69. The van der Waals surface area contributed by atoms with E-state index in [2.05, 4.69) is 10.4 Å². The topological polar surface area (TPSA) is 99.0 Å². The molecule has 2 rings (SSSR count). The Morgan fingerprint density at radius 2 is 2.26 bits per heavy atom. The van der Waals surface area contributed by atoms with Crippen molar-refractivity contribution in [2.75, 3.05) is 11.1 Å². The number of aromatic nitrogens is 2. The van der Waals surface area contributed by atoms with Gasteiger partial charge in [-0.2, -0.15) is 5.10 Å². The number of aryl methyl sites for hydroxylation is 2. The van der Waals surface area contributed by atoms with Gasteiger partial charge in [0.2, 0.25) is 0 Å². The molecule has 0 amide bonds. The summed E-state index contributed by atoms with van der Waals surface area (Å²) in [5.41, 5.74) is 8.41. The van der Waals surface area contributed by atoms with Crippen LogP contribution in [0.4, 0.5) is 17.2 Å². The van der Waals surface area contributed by atoms with Crippen LogP contribution in [0.1, 0.15) is 11.1 Å². The van der Waals surface area contributed by atoms with E-state index in [1.807, 2.05) is 6.92 Å². The lowest BCUT2D eigenvalue weighted by atomic mass is 10.1. The molecule has 100 valence electrons. The summed E-state index contributed by atoms with van der Waals surface area (Å²) in [6.45, 7) is 2.36. The lowest BCUT2D eigenvalue weighted by Gasteiger charge is -2.09. The molecular formula is C12H15N5O2. The van der Waals surface area contributed by atoms with E-state index in [1.54, 1.807) is 24.0 Å². The van der Waals surface area contributed by atoms with Crippen molar-refractivity contribution in [3.05, 3.63) is 45.6 Å². The molecule has 0 aliphatic heterocycles. The Morgan fingerprint density at radius 1 is 1.53 bits per heavy atom. The summed E-state index contributed by atoms with van der Waals surface area (Å²) in [4.78, 5) is 10.3. The van der Waals surface area contributed by atoms with Crippen LogP contribution in [0.5, 0.6) is 0 Å². The first-order chi connectivity index (χ1) is 8.99. The predicted octanol–water partition coefficient (Wildman–Crippen LogP) is 1.83. The van der Waals surface area contributed by atoms with E-state index in [9.17, 15) is 10.1 Å². The van der Waals surface area contributed by atoms with Gasteiger partial charge in [-0.1, -0.05) is 6.07 Å². The fraction of sp³-hybridized carbons (Fsp3) is 0.250. The van der Waals surface area contributed by atoms with Gasteiger partial charge in [-0.3, -0.25) is 14.8 Å². The van der Waals surface area contributed by atoms with E-state index in [4.69, 9.17) is 5.73 Å². The van der Waals surface area contributed by atoms with Gasteiger partial charge in [0.15, 0.2) is 0 Å². The maximum atomic E-state index is 10.7. The zero-order valence-electron chi connectivity index (χ0n) is 10.8. The Balaban J connectivity index is 2.17. The number of hydrogen-bond acceptors (Lipinski definition) is 5. The fourth-order valence-electron chi connectivity index (χ4n) is 1.73. The predicted molar refractivity (Wildman–Crippen MR) is 72.8 cm³/mol. The largest absolute Gasteiger partial charge is 0.384 e. The zero-order valence-corrected chi connectivity index (χ0v) is 10.8. The number of nitrogens with zero attached hydrogens (tertiary/aromatic N) is 3. The van der Waals surface area contributed by atoms with Crippen molar-refractivity contribution in [1.29, 1.82) is 0 Å². The molecule has 0 saturated carbocycles. The second-order valence-corrected chi connectivity index (χ2v) is 4.29. The summed E-state index contributed by atoms with van der Waals surface area (Å²) < 4.78 is 1.58. The number of nitro benzene ring substituents is 1. The number of benzene rings is 1. The fourth-order valence-corrected chi connectivity index (χ4v) is 1.73. The van der Waals surface area contributed by atoms with Gasteiger partial charge in [-0.15, -0.1) is 0 Å². The van der Waals surface area contributed by atoms with Crippen LogP contribution in [0.2, 0.25) is 0 Å². The Morgan fingerprint density at radius 3 is 2.84 bits per heavy atom. The van der Waals surface area contributed by atoms with Crippen LogP contribution in [0.15, 0.2) is 24.4 Å². The van der Waals surface area contributed by atoms with Gasteiger partial charge in [0.25, 0.3) is 5.69 Å². The smallest absolute Gasteiger partial charge is 0.271 e. The highest BCUT2D eigenvalue weighted by molar-refractivity contribution is 5.57. The molecule has 0 atom stereocenters. The first-order valence-corrected chi connectivity index (χ1v) is 5.74. The molecule has 19 heavy (non-hydrogen) atoms. The first-order valence-electron chi connectivity index (χ1n) is 5.74. The number of non-ortho nitro benzene ring substituents is 1. The molecule has 0 aliphatic carbocycles. The maximum Gasteiger partial charge on any atom is 0.271 e. The number of rotatable bonds is 4. The lowest BCUT2D eigenvalue weighted by Crippen LogP contribution is -2.05. The molecule has 3 N–H and O–H groups in total. The van der Waals surface area contributed by atoms with Crippen LogP contribution in [0, 0.1) is 17.0 Å². The van der Waals surface area contributed by atoms with Crippen molar-refractivity contribution in [2.45, 2.75) is 13.5 Å². The molecule has 0 saturated heterocycles. The van der Waals surface area contributed by atoms with Crippen molar-refractivity contribution in [3.63, 3.8) is 0 Å². The van der Waals surface area contributed by atoms with Gasteiger partial charge < -0.3 is 11.1 Å². The normalized spacial score (nSPS) is 10.4. The third-order valence-corrected chi connectivity index (χ3v) is 2.97. The Hall–Kier alpha value is -2.57. The van der Waals surface area contributed by atoms with Crippen LogP contribution in [0.3, 0.4) is 0 Å². The molecule has 0 aliphatic rings. The lowest BCUT2D eigenvalue weighted by molar-refractivity contribution is -0.384. The second-order valence-electron chi connectivity index (χ2n) is 4.29. The summed E-state index contributed by atoms with van der Waals surface area (Å²) in [5.74, 6) is 0.579. The Kier molecular flexibility index (Phi) is 3.37. The number of nitrogens with one attached hydrogen (secondary N) is 1. The molecule has 0 radical (unpaired) electrons. The average molecular weight is 261 g/mol. The van der Waals surface area contributed by atoms with Gasteiger partial charge in [0.05, 0.1) is 11.1 Å². The molecule has 1 aromatic carbocycles. The van der Waals surface area contributed by atoms with Crippen molar-refractivity contribution in [1.82, 2.24) is 9.78 Å². The van der Waals surface area contributed by atoms with Crippen molar-refractivity contribution >= 4 is 17.2 Å². The molecule has 7 heteroatoms. The molecule has 1 aromatic heterocycles. The standard InChI is InChI=1S/C12H15N5O2/c1-8-3-4-10(17(18)19)5-11(8)14-6-9-7-15-16(2)12(9)13/h3-5,7,14H,6,13H2,1-2H3. The van der Waals surface area contributed by atoms with Crippen molar-refractivity contribution in [3.8, 4) is 0 Å². The molecule has 0 bridgehead atoms. The van der Waals surface area contributed by atoms with Gasteiger partial charge in [0.1, 0.15) is 5.82 Å². The van der Waals surface area contributed by atoms with E-state index < -0.39 is 4.92 Å². The molecule has 1 heterocycles. The second kappa shape index (κ2) is 4.97. The monoisotopic (exact) mass is 261 g/mol. The minimum absolute atomic E-state index is 0.0623. The maximum absolute atomic E-state index is 10.7. The van der Waals surface area contributed by atoms with Gasteiger partial charge in [0, 0.05) is 37.0 Å². The van der Waals surface area contributed by atoms with Crippen LogP contribution in [-0.2, 0) is 13.6 Å². The Bertz CT molecular complexity index is 621. The molecular weight excluding hydrogens is 246 g/mol. The van der Waals surface area contributed by atoms with E-state index in [-0.39, 0.29) is 5.69 Å². The molecule has 0 fully saturated rings. The minimum Gasteiger partial charge on any atom is -0.384 e. The van der Waals surface area contributed by atoms with E-state index >= 15 is 0 Å². The highest BCUT2D eigenvalue weighted by atomic mass is 16.6. The third-order valence-electron chi connectivity index (χ3n) is 2.97. The number of nitrogen functional groups attached to an aromatic ring is 1. The number of nitrogens with two attached hydrogens (primary N) is 1. The zero-order chi connectivity index (χ0) is 14.0. The molecule has 2 aromatic rings. The van der Waals surface area contributed by atoms with E-state index in [1.165, 1.54) is 12.1 Å². The number of nitro groups is 1. The molecule has 0 unspecified atom stereocenters. The Labute approximate surface area is 110 Å². The molecule has 7 nitrogen and oxygen atoms in total. The number of anilines is 2. The summed E-state index contributed by atoms with van der Waals surface area (Å²) >= 11 is 0. The van der Waals surface area contributed by atoms with Crippen molar-refractivity contribution in [2.24, 2.45) is 7.05 Å². The SMILES string of the molecule is Cc1ccc([N+](=O)[O-])cc1NCc1cnn(C)c1N. The highest BCUT2D eigenvalue weighted by Crippen LogP contribution is 2.23. The first kappa shape index (κ1) is 12.9. The quantitative estimate of drug-likeness (QED) is 0.646. The van der Waals surface area contributed by atoms with Crippen LogP contribution in [-0.4, -0.2) is 14.7 Å². The highest BCUT2D eigenvalue weighted by Gasteiger charge is 2.09. The van der Waals surface area contributed by atoms with Gasteiger partial charge in [-0.25, -0.2) is 0 Å². The summed E-state index contributed by atoms with van der Waals surface area (Å²) in [6.07, 6.45) is 1.68. The number of hydrogen-bond donors (Lipinski definition) is 2. The van der Waals surface area contributed by atoms with Gasteiger partial charge in [-0.05, 0) is 12.5 Å². The molecule has 0 spiro atoms. The summed E-state index contributed by atoms with van der Waals surface area (Å²) in [5, 5.41) is 17.9. The van der Waals surface area contributed by atoms with E-state index in [0.29, 0.717) is 12.4 Å². The van der Waals surface area contributed by atoms with Gasteiger partial charge >= 0.3 is 0 Å². The van der Waals surface area contributed by atoms with Crippen LogP contribution < -0.4 is 11.1 Å². The van der Waals surface area contributed by atoms with Crippen molar-refractivity contribution < 1.29 is 4.92 Å². The van der Waals surface area contributed by atoms with Crippen LogP contribution >= 0.6 is 0 Å². The third kappa shape index (κ3) is 2.65.